The maximum atomic E-state index is 12.6. The first-order valence-electron chi connectivity index (χ1n) is 13.7. The summed E-state index contributed by atoms with van der Waals surface area (Å²) in [6, 6.07) is 9.07. The van der Waals surface area contributed by atoms with Crippen LogP contribution in [0, 0.1) is 0 Å². The Balaban J connectivity index is 1.65. The van der Waals surface area contributed by atoms with Gasteiger partial charge in [-0.25, -0.2) is 4.79 Å². The second-order valence-electron chi connectivity index (χ2n) is 11.4. The fourth-order valence-corrected chi connectivity index (χ4v) is 6.60. The topological polar surface area (TPSA) is 112 Å². The first-order valence-corrected chi connectivity index (χ1v) is 15.9. The van der Waals surface area contributed by atoms with E-state index in [2.05, 4.69) is 17.1 Å². The minimum atomic E-state index is -0.814. The molecule has 0 saturated heterocycles. The van der Waals surface area contributed by atoms with Gasteiger partial charge in [-0.1, -0.05) is 29.3 Å². The number of carbonyl (C=O) groups is 1. The summed E-state index contributed by atoms with van der Waals surface area (Å²) in [4.78, 5) is 19.5. The molecule has 0 radical (unpaired) electrons. The third-order valence-corrected chi connectivity index (χ3v) is 9.33. The number of phenols is 1. The Hall–Kier alpha value is -2.39. The van der Waals surface area contributed by atoms with Crippen molar-refractivity contribution in [3.63, 3.8) is 0 Å². The highest BCUT2D eigenvalue weighted by Crippen LogP contribution is 2.44. The number of thioether (sulfide) groups is 1. The number of carboxylic acids is 1. The highest BCUT2D eigenvalue weighted by Gasteiger charge is 2.39. The molecule has 2 aromatic carbocycles. The molecule has 5 N–H and O–H groups in total. The molecule has 10 heteroatoms. The number of rotatable bonds is 10. The van der Waals surface area contributed by atoms with E-state index in [-0.39, 0.29) is 33.4 Å². The number of hydrogen-bond donors (Lipinski definition) is 4. The summed E-state index contributed by atoms with van der Waals surface area (Å²) >= 11 is 14.2. The molecule has 1 atom stereocenters. The number of nitrogens with zero attached hydrogens (tertiary/aromatic N) is 2. The van der Waals surface area contributed by atoms with Crippen LogP contribution in [0.15, 0.2) is 36.5 Å². The third-order valence-electron chi connectivity index (χ3n) is 8.11. The zero-order valence-corrected chi connectivity index (χ0v) is 25.1. The van der Waals surface area contributed by atoms with E-state index in [1.54, 1.807) is 23.9 Å². The predicted octanol–water partition coefficient (Wildman–Crippen LogP) is 7.16. The molecule has 214 valence electrons. The van der Waals surface area contributed by atoms with Crippen LogP contribution in [-0.4, -0.2) is 56.8 Å². The highest BCUT2D eigenvalue weighted by molar-refractivity contribution is 7.98. The van der Waals surface area contributed by atoms with Crippen LogP contribution in [0.5, 0.6) is 5.75 Å². The standard InChI is InChI=1S/C30H36Cl2N4O3S/c1-30(33)10-7-19(8-11-30)35-27-21-13-17(18-14-22(31)28(37)23(32)15-18)3-6-24(21)34-16-26(27)36(20-4-5-20)25(29(38)39)9-12-40-2/h3,6,13-16,19-20,25,37H,4-5,7-12,33H2,1-2H3,(H,34,35)(H,38,39)/t19?,25-,30?/m0/s1. The average Bonchev–Trinajstić information content (AvgIpc) is 3.76. The van der Waals surface area contributed by atoms with Crippen molar-refractivity contribution in [2.75, 3.05) is 22.2 Å². The third kappa shape index (κ3) is 6.25. The SMILES string of the molecule is CSCC[C@@H](C(=O)O)N(c1cnc2ccc(-c3cc(Cl)c(O)c(Cl)c3)cc2c1NC1CCC(C)(N)CC1)C1CC1. The zero-order chi connectivity index (χ0) is 28.6. The van der Waals surface area contributed by atoms with Gasteiger partial charge in [-0.3, -0.25) is 4.98 Å². The number of fused-ring (bicyclic) bond motifs is 1. The normalized spacial score (nSPS) is 21.8. The van der Waals surface area contributed by atoms with Crippen molar-refractivity contribution < 1.29 is 15.0 Å². The molecule has 40 heavy (non-hydrogen) atoms. The minimum absolute atomic E-state index is 0.145. The lowest BCUT2D eigenvalue weighted by Gasteiger charge is -2.37. The number of aliphatic carboxylic acids is 1. The molecule has 1 aromatic heterocycles. The molecule has 2 aliphatic rings. The van der Waals surface area contributed by atoms with Crippen molar-refractivity contribution in [1.82, 2.24) is 4.98 Å². The molecular formula is C30H36Cl2N4O3S. The van der Waals surface area contributed by atoms with E-state index in [9.17, 15) is 15.0 Å². The quantitative estimate of drug-likeness (QED) is 0.193. The molecule has 5 rings (SSSR count). The number of carboxylic acid groups (broad SMARTS) is 1. The highest BCUT2D eigenvalue weighted by atomic mass is 35.5. The molecule has 0 bridgehead atoms. The number of benzene rings is 2. The molecule has 0 aliphatic heterocycles. The monoisotopic (exact) mass is 602 g/mol. The van der Waals surface area contributed by atoms with Gasteiger partial charge in [0.25, 0.3) is 0 Å². The van der Waals surface area contributed by atoms with Gasteiger partial charge in [0.1, 0.15) is 6.04 Å². The number of aromatic nitrogens is 1. The average molecular weight is 604 g/mol. The van der Waals surface area contributed by atoms with E-state index in [1.165, 1.54) is 0 Å². The summed E-state index contributed by atoms with van der Waals surface area (Å²) in [5.41, 5.74) is 10.4. The van der Waals surface area contributed by atoms with E-state index < -0.39 is 12.0 Å². The minimum Gasteiger partial charge on any atom is -0.505 e. The van der Waals surface area contributed by atoms with Crippen LogP contribution < -0.4 is 16.0 Å². The smallest absolute Gasteiger partial charge is 0.326 e. The zero-order valence-electron chi connectivity index (χ0n) is 22.8. The lowest BCUT2D eigenvalue weighted by atomic mass is 9.81. The molecule has 2 aliphatic carbocycles. The van der Waals surface area contributed by atoms with Crippen molar-refractivity contribution in [1.29, 1.82) is 0 Å². The van der Waals surface area contributed by atoms with Gasteiger partial charge in [0.05, 0.1) is 33.1 Å². The van der Waals surface area contributed by atoms with Crippen LogP contribution in [0.4, 0.5) is 11.4 Å². The Bertz CT molecular complexity index is 1380. The number of nitrogens with one attached hydrogen (secondary N) is 1. The Labute approximate surface area is 249 Å². The van der Waals surface area contributed by atoms with Crippen molar-refractivity contribution >= 4 is 63.2 Å². The van der Waals surface area contributed by atoms with E-state index in [1.807, 2.05) is 30.7 Å². The van der Waals surface area contributed by atoms with Gasteiger partial charge in [-0.15, -0.1) is 0 Å². The van der Waals surface area contributed by atoms with Crippen molar-refractivity contribution in [2.24, 2.45) is 5.73 Å². The maximum Gasteiger partial charge on any atom is 0.326 e. The summed E-state index contributed by atoms with van der Waals surface area (Å²) in [7, 11) is 0. The van der Waals surface area contributed by atoms with Crippen molar-refractivity contribution in [3.8, 4) is 16.9 Å². The molecule has 0 unspecified atom stereocenters. The van der Waals surface area contributed by atoms with Crippen LogP contribution in [-0.2, 0) is 4.79 Å². The summed E-state index contributed by atoms with van der Waals surface area (Å²) in [5.74, 6) is -0.201. The van der Waals surface area contributed by atoms with Gasteiger partial charge >= 0.3 is 5.97 Å². The Morgan fingerprint density at radius 2 is 1.85 bits per heavy atom. The van der Waals surface area contributed by atoms with Gasteiger partial charge in [-0.05, 0) is 99.3 Å². The molecule has 2 saturated carbocycles. The first-order chi connectivity index (χ1) is 19.1. The number of hydrogen-bond acceptors (Lipinski definition) is 7. The van der Waals surface area contributed by atoms with E-state index in [0.717, 1.165) is 77.7 Å². The molecule has 0 amide bonds. The number of aromatic hydroxyl groups is 1. The Kier molecular flexibility index (Phi) is 8.62. The van der Waals surface area contributed by atoms with E-state index >= 15 is 0 Å². The Morgan fingerprint density at radius 3 is 2.45 bits per heavy atom. The van der Waals surface area contributed by atoms with E-state index in [4.69, 9.17) is 33.9 Å². The summed E-state index contributed by atoms with van der Waals surface area (Å²) < 4.78 is 0. The van der Waals surface area contributed by atoms with Crippen molar-refractivity contribution in [2.45, 2.75) is 75.5 Å². The number of halogens is 2. The van der Waals surface area contributed by atoms with Gasteiger partial charge in [0.2, 0.25) is 0 Å². The van der Waals surface area contributed by atoms with Crippen LogP contribution in [0.3, 0.4) is 0 Å². The number of phenolic OH excluding ortho intramolecular Hbond substituents is 1. The Morgan fingerprint density at radius 1 is 1.18 bits per heavy atom. The number of pyridine rings is 1. The van der Waals surface area contributed by atoms with Crippen LogP contribution in [0.1, 0.15) is 51.9 Å². The van der Waals surface area contributed by atoms with Crippen LogP contribution in [0.25, 0.3) is 22.0 Å². The second kappa shape index (κ2) is 11.8. The number of nitrogens with two attached hydrogens (primary N) is 1. The molecular weight excluding hydrogens is 567 g/mol. The van der Waals surface area contributed by atoms with Gasteiger partial charge < -0.3 is 26.2 Å². The summed E-state index contributed by atoms with van der Waals surface area (Å²) in [6.07, 6.45) is 9.98. The lowest BCUT2D eigenvalue weighted by Crippen LogP contribution is -2.45. The largest absolute Gasteiger partial charge is 0.505 e. The second-order valence-corrected chi connectivity index (χ2v) is 13.2. The molecule has 7 nitrogen and oxygen atoms in total. The maximum absolute atomic E-state index is 12.6. The van der Waals surface area contributed by atoms with Crippen molar-refractivity contribution in [3.05, 3.63) is 46.6 Å². The molecule has 1 heterocycles. The fourth-order valence-electron chi connectivity index (χ4n) is 5.65. The lowest BCUT2D eigenvalue weighted by molar-refractivity contribution is -0.138. The molecule has 2 fully saturated rings. The molecule has 0 spiro atoms. The first kappa shape index (κ1) is 29.1. The number of anilines is 2. The van der Waals surface area contributed by atoms with Gasteiger partial charge in [0.15, 0.2) is 5.75 Å². The summed E-state index contributed by atoms with van der Waals surface area (Å²) in [5, 5.41) is 25.5. The van der Waals surface area contributed by atoms with E-state index in [0.29, 0.717) is 6.42 Å². The van der Waals surface area contributed by atoms with Gasteiger partial charge in [0, 0.05) is 23.0 Å². The van der Waals surface area contributed by atoms with Crippen LogP contribution >= 0.6 is 35.0 Å². The predicted molar refractivity (Wildman–Crippen MR) is 167 cm³/mol. The van der Waals surface area contributed by atoms with Crippen LogP contribution in [0.2, 0.25) is 10.0 Å². The van der Waals surface area contributed by atoms with Gasteiger partial charge in [-0.2, -0.15) is 11.8 Å². The fraction of sp³-hybridized carbons (Fsp3) is 0.467. The summed E-state index contributed by atoms with van der Waals surface area (Å²) in [6.45, 7) is 2.11. The molecule has 3 aromatic rings.